The van der Waals surface area contributed by atoms with Gasteiger partial charge in [0.15, 0.2) is 5.96 Å². The summed E-state index contributed by atoms with van der Waals surface area (Å²) in [5.74, 6) is 0.427. The molecule has 76 valence electrons. The molecule has 0 heterocycles. The summed E-state index contributed by atoms with van der Waals surface area (Å²) in [5.41, 5.74) is 7.49. The maximum atomic E-state index is 8.83. The Kier molecular flexibility index (Phi) is 3.94. The molecule has 4 nitrogen and oxygen atoms in total. The van der Waals surface area contributed by atoms with Crippen LogP contribution < -0.4 is 11.1 Å². The number of guanidine groups is 1. The van der Waals surface area contributed by atoms with Gasteiger partial charge in [0, 0.05) is 13.6 Å². The van der Waals surface area contributed by atoms with Crippen molar-refractivity contribution in [3.63, 3.8) is 0 Å². The molecule has 1 rings (SSSR count). The fraction of sp³-hybridized carbons (Fsp3) is 0.300. The van der Waals surface area contributed by atoms with Crippen molar-refractivity contribution in [2.45, 2.75) is 13.2 Å². The van der Waals surface area contributed by atoms with Crippen LogP contribution >= 0.6 is 0 Å². The second-order valence-corrected chi connectivity index (χ2v) is 2.94. The third-order valence-electron chi connectivity index (χ3n) is 1.92. The summed E-state index contributed by atoms with van der Waals surface area (Å²) in [7, 11) is 1.64. The van der Waals surface area contributed by atoms with Crippen molar-refractivity contribution in [3.8, 4) is 0 Å². The van der Waals surface area contributed by atoms with E-state index in [1.807, 2.05) is 24.3 Å². The fourth-order valence-electron chi connectivity index (χ4n) is 1.03. The Morgan fingerprint density at radius 1 is 1.36 bits per heavy atom. The standard InChI is InChI=1S/C10H15N3O/c1-12-10(11)13-6-8-2-4-9(7-14)5-3-8/h2-5,14H,6-7H2,1H3,(H3,11,12,13). The zero-order valence-corrected chi connectivity index (χ0v) is 8.20. The van der Waals surface area contributed by atoms with E-state index in [1.165, 1.54) is 0 Å². The lowest BCUT2D eigenvalue weighted by Gasteiger charge is -2.05. The Morgan fingerprint density at radius 2 is 1.93 bits per heavy atom. The van der Waals surface area contributed by atoms with Gasteiger partial charge < -0.3 is 16.2 Å². The maximum Gasteiger partial charge on any atom is 0.188 e. The summed E-state index contributed by atoms with van der Waals surface area (Å²) in [6, 6.07) is 7.66. The maximum absolute atomic E-state index is 8.83. The molecule has 0 saturated heterocycles. The highest BCUT2D eigenvalue weighted by atomic mass is 16.3. The summed E-state index contributed by atoms with van der Waals surface area (Å²) < 4.78 is 0. The third kappa shape index (κ3) is 3.06. The Morgan fingerprint density at radius 3 is 2.43 bits per heavy atom. The lowest BCUT2D eigenvalue weighted by atomic mass is 10.1. The Balaban J connectivity index is 2.52. The van der Waals surface area contributed by atoms with Crippen LogP contribution in [0.1, 0.15) is 11.1 Å². The van der Waals surface area contributed by atoms with Gasteiger partial charge in [-0.1, -0.05) is 24.3 Å². The Bertz CT molecular complexity index is 306. The van der Waals surface area contributed by atoms with Crippen LogP contribution in [0.25, 0.3) is 0 Å². The summed E-state index contributed by atoms with van der Waals surface area (Å²) in [6.45, 7) is 0.723. The lowest BCUT2D eigenvalue weighted by Crippen LogP contribution is -2.30. The summed E-state index contributed by atoms with van der Waals surface area (Å²) >= 11 is 0. The number of benzene rings is 1. The van der Waals surface area contributed by atoms with Gasteiger partial charge in [0.05, 0.1) is 6.61 Å². The molecule has 0 aliphatic rings. The van der Waals surface area contributed by atoms with E-state index >= 15 is 0 Å². The number of nitrogens with two attached hydrogens (primary N) is 1. The number of aliphatic hydroxyl groups is 1. The first kappa shape index (κ1) is 10.5. The molecule has 0 fully saturated rings. The molecular weight excluding hydrogens is 178 g/mol. The number of hydrogen-bond donors (Lipinski definition) is 3. The summed E-state index contributed by atoms with van der Waals surface area (Å²) in [4.78, 5) is 3.78. The lowest BCUT2D eigenvalue weighted by molar-refractivity contribution is 0.282. The molecule has 0 radical (unpaired) electrons. The fourth-order valence-corrected chi connectivity index (χ4v) is 1.03. The monoisotopic (exact) mass is 193 g/mol. The van der Waals surface area contributed by atoms with Crippen molar-refractivity contribution in [1.29, 1.82) is 0 Å². The summed E-state index contributed by atoms with van der Waals surface area (Å²) in [6.07, 6.45) is 0. The first-order valence-corrected chi connectivity index (χ1v) is 4.41. The second kappa shape index (κ2) is 5.24. The SMILES string of the molecule is CN=C(N)NCc1ccc(CO)cc1. The number of rotatable bonds is 3. The largest absolute Gasteiger partial charge is 0.392 e. The number of aliphatic imine (C=N–C) groups is 1. The van der Waals surface area contributed by atoms with Gasteiger partial charge in [-0.2, -0.15) is 0 Å². The normalized spacial score (nSPS) is 11.4. The molecule has 0 unspecified atom stereocenters. The van der Waals surface area contributed by atoms with Crippen LogP contribution in [0, 0.1) is 0 Å². The molecule has 0 aromatic heterocycles. The van der Waals surface area contributed by atoms with E-state index in [-0.39, 0.29) is 6.61 Å². The van der Waals surface area contributed by atoms with Gasteiger partial charge in [0.2, 0.25) is 0 Å². The Labute approximate surface area is 83.5 Å². The van der Waals surface area contributed by atoms with E-state index in [0.29, 0.717) is 12.5 Å². The van der Waals surface area contributed by atoms with Gasteiger partial charge in [0.1, 0.15) is 0 Å². The predicted molar refractivity (Wildman–Crippen MR) is 56.8 cm³/mol. The number of aliphatic hydroxyl groups excluding tert-OH is 1. The molecular formula is C10H15N3O. The van der Waals surface area contributed by atoms with Crippen molar-refractivity contribution in [1.82, 2.24) is 5.32 Å². The van der Waals surface area contributed by atoms with Gasteiger partial charge in [-0.15, -0.1) is 0 Å². The van der Waals surface area contributed by atoms with Crippen LogP contribution in [-0.4, -0.2) is 18.1 Å². The average molecular weight is 193 g/mol. The van der Waals surface area contributed by atoms with E-state index in [9.17, 15) is 0 Å². The zero-order chi connectivity index (χ0) is 10.4. The molecule has 4 N–H and O–H groups in total. The highest BCUT2D eigenvalue weighted by molar-refractivity contribution is 5.77. The third-order valence-corrected chi connectivity index (χ3v) is 1.92. The van der Waals surface area contributed by atoms with E-state index < -0.39 is 0 Å². The van der Waals surface area contributed by atoms with Crippen molar-refractivity contribution in [2.24, 2.45) is 10.7 Å². The van der Waals surface area contributed by atoms with Gasteiger partial charge in [-0.3, -0.25) is 4.99 Å². The topological polar surface area (TPSA) is 70.6 Å². The molecule has 0 spiro atoms. The van der Waals surface area contributed by atoms with Crippen molar-refractivity contribution in [3.05, 3.63) is 35.4 Å². The van der Waals surface area contributed by atoms with E-state index in [0.717, 1.165) is 11.1 Å². The van der Waals surface area contributed by atoms with E-state index in [4.69, 9.17) is 10.8 Å². The average Bonchev–Trinajstić information content (AvgIpc) is 2.26. The minimum Gasteiger partial charge on any atom is -0.392 e. The Hall–Kier alpha value is -1.55. The van der Waals surface area contributed by atoms with E-state index in [2.05, 4.69) is 10.3 Å². The predicted octanol–water partition coefficient (Wildman–Crippen LogP) is 0.213. The smallest absolute Gasteiger partial charge is 0.188 e. The summed E-state index contributed by atoms with van der Waals surface area (Å²) in [5, 5.41) is 11.8. The first-order chi connectivity index (χ1) is 6.76. The zero-order valence-electron chi connectivity index (χ0n) is 8.20. The molecule has 0 bridgehead atoms. The van der Waals surface area contributed by atoms with Crippen LogP contribution in [0.5, 0.6) is 0 Å². The molecule has 0 amide bonds. The van der Waals surface area contributed by atoms with Crippen LogP contribution in [0.2, 0.25) is 0 Å². The molecule has 4 heteroatoms. The van der Waals surface area contributed by atoms with Gasteiger partial charge in [-0.05, 0) is 11.1 Å². The highest BCUT2D eigenvalue weighted by Crippen LogP contribution is 2.03. The van der Waals surface area contributed by atoms with Gasteiger partial charge in [-0.25, -0.2) is 0 Å². The number of nitrogens with zero attached hydrogens (tertiary/aromatic N) is 1. The van der Waals surface area contributed by atoms with E-state index in [1.54, 1.807) is 7.05 Å². The highest BCUT2D eigenvalue weighted by Gasteiger charge is 1.94. The van der Waals surface area contributed by atoms with Crippen LogP contribution in [0.4, 0.5) is 0 Å². The molecule has 0 saturated carbocycles. The molecule has 0 aliphatic heterocycles. The second-order valence-electron chi connectivity index (χ2n) is 2.94. The molecule has 0 aliphatic carbocycles. The van der Waals surface area contributed by atoms with Crippen molar-refractivity contribution in [2.75, 3.05) is 7.05 Å². The minimum atomic E-state index is 0.0757. The van der Waals surface area contributed by atoms with Crippen LogP contribution in [0.15, 0.2) is 29.3 Å². The molecule has 0 atom stereocenters. The van der Waals surface area contributed by atoms with Gasteiger partial charge in [0.25, 0.3) is 0 Å². The van der Waals surface area contributed by atoms with Gasteiger partial charge >= 0.3 is 0 Å². The quantitative estimate of drug-likeness (QED) is 0.475. The van der Waals surface area contributed by atoms with Crippen molar-refractivity contribution < 1.29 is 5.11 Å². The van der Waals surface area contributed by atoms with Crippen LogP contribution in [-0.2, 0) is 13.2 Å². The van der Waals surface area contributed by atoms with Crippen LogP contribution in [0.3, 0.4) is 0 Å². The molecule has 1 aromatic carbocycles. The molecule has 1 aromatic rings. The van der Waals surface area contributed by atoms with Crippen molar-refractivity contribution >= 4 is 5.96 Å². The minimum absolute atomic E-state index is 0.0757. The number of hydrogen-bond acceptors (Lipinski definition) is 2. The molecule has 14 heavy (non-hydrogen) atoms. The first-order valence-electron chi connectivity index (χ1n) is 4.41. The number of nitrogens with one attached hydrogen (secondary N) is 1.